The van der Waals surface area contributed by atoms with Crippen LogP contribution in [0.1, 0.15) is 6.42 Å². The zero-order chi connectivity index (χ0) is 9.68. The van der Waals surface area contributed by atoms with E-state index in [2.05, 4.69) is 4.90 Å². The molecule has 76 valence electrons. The Balaban J connectivity index is 2.18. The van der Waals surface area contributed by atoms with E-state index in [1.807, 2.05) is 0 Å². The molecule has 1 aliphatic rings. The zero-order valence-corrected chi connectivity index (χ0v) is 7.91. The highest BCUT2D eigenvalue weighted by atomic mass is 16.2. The first-order valence-electron chi connectivity index (χ1n) is 4.71. The normalized spacial score (nSPS) is 19.0. The van der Waals surface area contributed by atoms with Crippen LogP contribution in [0.15, 0.2) is 0 Å². The van der Waals surface area contributed by atoms with Gasteiger partial charge in [0.25, 0.3) is 0 Å². The van der Waals surface area contributed by atoms with Gasteiger partial charge in [0.1, 0.15) is 0 Å². The smallest absolute Gasteiger partial charge is 0.314 e. The Kier molecular flexibility index (Phi) is 3.98. The van der Waals surface area contributed by atoms with Gasteiger partial charge in [-0.05, 0) is 19.5 Å². The maximum absolute atomic E-state index is 10.8. The van der Waals surface area contributed by atoms with Gasteiger partial charge in [-0.3, -0.25) is 4.90 Å². The summed E-state index contributed by atoms with van der Waals surface area (Å²) in [6.07, 6.45) is 1.02. The summed E-state index contributed by atoms with van der Waals surface area (Å²) in [5, 5.41) is 0. The van der Waals surface area contributed by atoms with Crippen LogP contribution in [0, 0.1) is 0 Å². The topological polar surface area (TPSA) is 75.6 Å². The lowest BCUT2D eigenvalue weighted by Crippen LogP contribution is -2.50. The number of amides is 2. The van der Waals surface area contributed by atoms with Gasteiger partial charge in [-0.2, -0.15) is 0 Å². The van der Waals surface area contributed by atoms with Crippen molar-refractivity contribution in [1.82, 2.24) is 9.80 Å². The molecule has 0 bridgehead atoms. The van der Waals surface area contributed by atoms with Crippen molar-refractivity contribution >= 4 is 6.03 Å². The molecule has 1 heterocycles. The summed E-state index contributed by atoms with van der Waals surface area (Å²) in [5.41, 5.74) is 10.6. The van der Waals surface area contributed by atoms with Crippen molar-refractivity contribution in [2.75, 3.05) is 39.3 Å². The van der Waals surface area contributed by atoms with E-state index in [-0.39, 0.29) is 6.03 Å². The fraction of sp³-hybridized carbons (Fsp3) is 0.875. The number of nitrogens with zero attached hydrogens (tertiary/aromatic N) is 2. The molecule has 0 aliphatic carbocycles. The molecule has 0 unspecified atom stereocenters. The third-order valence-electron chi connectivity index (χ3n) is 2.36. The van der Waals surface area contributed by atoms with Crippen LogP contribution in [0.25, 0.3) is 0 Å². The van der Waals surface area contributed by atoms with Gasteiger partial charge in [-0.25, -0.2) is 4.79 Å². The molecule has 0 saturated carbocycles. The van der Waals surface area contributed by atoms with Gasteiger partial charge >= 0.3 is 6.03 Å². The molecule has 1 rings (SSSR count). The molecule has 0 radical (unpaired) electrons. The number of hydrogen-bond acceptors (Lipinski definition) is 3. The summed E-state index contributed by atoms with van der Waals surface area (Å²) < 4.78 is 0. The van der Waals surface area contributed by atoms with Crippen LogP contribution < -0.4 is 11.5 Å². The Morgan fingerprint density at radius 3 is 2.31 bits per heavy atom. The quantitative estimate of drug-likeness (QED) is 0.595. The van der Waals surface area contributed by atoms with Gasteiger partial charge in [0.15, 0.2) is 0 Å². The second-order valence-electron chi connectivity index (χ2n) is 3.31. The number of hydrogen-bond donors (Lipinski definition) is 2. The Bertz CT molecular complexity index is 166. The number of piperazine rings is 1. The second kappa shape index (κ2) is 5.04. The standard InChI is InChI=1S/C8H18N4O/c9-2-1-3-11-4-6-12(7-5-11)8(10)13/h1-7,9H2,(H2,10,13). The molecule has 1 fully saturated rings. The first-order valence-corrected chi connectivity index (χ1v) is 4.71. The highest BCUT2D eigenvalue weighted by Crippen LogP contribution is 2.01. The summed E-state index contributed by atoms with van der Waals surface area (Å²) in [4.78, 5) is 14.8. The van der Waals surface area contributed by atoms with Crippen molar-refractivity contribution in [3.8, 4) is 0 Å². The summed E-state index contributed by atoms with van der Waals surface area (Å²) in [6, 6.07) is -0.307. The Labute approximate surface area is 78.6 Å². The van der Waals surface area contributed by atoms with Crippen LogP contribution in [-0.4, -0.2) is 55.1 Å². The van der Waals surface area contributed by atoms with Crippen molar-refractivity contribution in [1.29, 1.82) is 0 Å². The zero-order valence-electron chi connectivity index (χ0n) is 7.91. The largest absolute Gasteiger partial charge is 0.351 e. The molecule has 4 N–H and O–H groups in total. The molecule has 0 aromatic carbocycles. The third kappa shape index (κ3) is 3.20. The van der Waals surface area contributed by atoms with Gasteiger partial charge in [0.2, 0.25) is 0 Å². The maximum Gasteiger partial charge on any atom is 0.314 e. The van der Waals surface area contributed by atoms with Crippen molar-refractivity contribution in [2.24, 2.45) is 11.5 Å². The molecule has 0 atom stereocenters. The van der Waals surface area contributed by atoms with E-state index < -0.39 is 0 Å². The van der Waals surface area contributed by atoms with E-state index >= 15 is 0 Å². The van der Waals surface area contributed by atoms with E-state index in [0.717, 1.165) is 45.7 Å². The van der Waals surface area contributed by atoms with Crippen LogP contribution in [0.2, 0.25) is 0 Å². The summed E-state index contributed by atoms with van der Waals surface area (Å²) in [6.45, 7) is 5.10. The monoisotopic (exact) mass is 186 g/mol. The lowest BCUT2D eigenvalue weighted by atomic mass is 10.3. The first kappa shape index (κ1) is 10.3. The molecule has 0 aromatic heterocycles. The van der Waals surface area contributed by atoms with Crippen molar-refractivity contribution in [3.05, 3.63) is 0 Å². The first-order chi connectivity index (χ1) is 6.24. The van der Waals surface area contributed by atoms with E-state index in [9.17, 15) is 4.79 Å². The Morgan fingerprint density at radius 1 is 1.23 bits per heavy atom. The second-order valence-corrected chi connectivity index (χ2v) is 3.31. The van der Waals surface area contributed by atoms with Gasteiger partial charge in [-0.1, -0.05) is 0 Å². The Hall–Kier alpha value is -0.810. The molecule has 0 aromatic rings. The summed E-state index contributed by atoms with van der Waals surface area (Å²) >= 11 is 0. The summed E-state index contributed by atoms with van der Waals surface area (Å²) in [7, 11) is 0. The minimum absolute atomic E-state index is 0.307. The molecular formula is C8H18N4O. The van der Waals surface area contributed by atoms with Crippen molar-refractivity contribution < 1.29 is 4.79 Å². The maximum atomic E-state index is 10.8. The lowest BCUT2D eigenvalue weighted by molar-refractivity contribution is 0.144. The average Bonchev–Trinajstić information content (AvgIpc) is 2.15. The predicted molar refractivity (Wildman–Crippen MR) is 51.3 cm³/mol. The number of rotatable bonds is 3. The molecule has 2 amide bonds. The Morgan fingerprint density at radius 2 is 1.85 bits per heavy atom. The summed E-state index contributed by atoms with van der Waals surface area (Å²) in [5.74, 6) is 0. The fourth-order valence-electron chi connectivity index (χ4n) is 1.51. The van der Waals surface area contributed by atoms with E-state index in [4.69, 9.17) is 11.5 Å². The highest BCUT2D eigenvalue weighted by molar-refractivity contribution is 5.72. The SMILES string of the molecule is NCCCN1CCN(C(N)=O)CC1. The minimum Gasteiger partial charge on any atom is -0.351 e. The predicted octanol–water partition coefficient (Wildman–Crippen LogP) is -0.968. The van der Waals surface area contributed by atoms with E-state index in [0.29, 0.717) is 0 Å². The number of nitrogens with two attached hydrogens (primary N) is 2. The molecule has 13 heavy (non-hydrogen) atoms. The van der Waals surface area contributed by atoms with Crippen LogP contribution in [0.5, 0.6) is 0 Å². The van der Waals surface area contributed by atoms with Crippen LogP contribution >= 0.6 is 0 Å². The number of primary amides is 1. The number of carbonyl (C=O) groups excluding carboxylic acids is 1. The van der Waals surface area contributed by atoms with E-state index in [1.54, 1.807) is 4.90 Å². The van der Waals surface area contributed by atoms with Crippen LogP contribution in [-0.2, 0) is 0 Å². The number of urea groups is 1. The van der Waals surface area contributed by atoms with Gasteiger partial charge in [0.05, 0.1) is 0 Å². The van der Waals surface area contributed by atoms with Crippen molar-refractivity contribution in [2.45, 2.75) is 6.42 Å². The van der Waals surface area contributed by atoms with Gasteiger partial charge in [-0.15, -0.1) is 0 Å². The van der Waals surface area contributed by atoms with Crippen LogP contribution in [0.3, 0.4) is 0 Å². The third-order valence-corrected chi connectivity index (χ3v) is 2.36. The lowest BCUT2D eigenvalue weighted by Gasteiger charge is -2.33. The average molecular weight is 186 g/mol. The molecule has 0 spiro atoms. The molecule has 5 nitrogen and oxygen atoms in total. The fourth-order valence-corrected chi connectivity index (χ4v) is 1.51. The highest BCUT2D eigenvalue weighted by Gasteiger charge is 2.17. The number of carbonyl (C=O) groups is 1. The van der Waals surface area contributed by atoms with Gasteiger partial charge < -0.3 is 16.4 Å². The molecule has 1 saturated heterocycles. The van der Waals surface area contributed by atoms with Crippen LogP contribution in [0.4, 0.5) is 4.79 Å². The molecular weight excluding hydrogens is 168 g/mol. The van der Waals surface area contributed by atoms with Gasteiger partial charge in [0, 0.05) is 26.2 Å². The van der Waals surface area contributed by atoms with Crippen molar-refractivity contribution in [3.63, 3.8) is 0 Å². The minimum atomic E-state index is -0.307. The molecule has 5 heteroatoms. The van der Waals surface area contributed by atoms with E-state index in [1.165, 1.54) is 0 Å². The molecule has 1 aliphatic heterocycles.